The molecule has 1 amide bonds. The average molecular weight is 381 g/mol. The number of amides is 1. The summed E-state index contributed by atoms with van der Waals surface area (Å²) < 4.78 is 0.507. The van der Waals surface area contributed by atoms with Crippen molar-refractivity contribution in [3.63, 3.8) is 0 Å². The van der Waals surface area contributed by atoms with Gasteiger partial charge in [-0.3, -0.25) is 4.79 Å². The normalized spacial score (nSPS) is 25.2. The summed E-state index contributed by atoms with van der Waals surface area (Å²) in [5.74, 6) is -0.0830. The maximum Gasteiger partial charge on any atom is 0.273 e. The van der Waals surface area contributed by atoms with E-state index in [4.69, 9.17) is 5.73 Å². The Morgan fingerprint density at radius 2 is 2.30 bits per heavy atom. The van der Waals surface area contributed by atoms with Gasteiger partial charge in [-0.15, -0.1) is 6.58 Å². The molecule has 2 atom stereocenters. The molecular weight excluding hydrogens is 356 g/mol. The third kappa shape index (κ3) is 5.03. The average Bonchev–Trinajstić information content (AvgIpc) is 2.50. The molecule has 0 spiro atoms. The molecule has 1 heterocycles. The summed E-state index contributed by atoms with van der Waals surface area (Å²) in [6.45, 7) is 6.19. The zero-order valence-corrected chi connectivity index (χ0v) is 15.2. The molecule has 1 aromatic heterocycles. The van der Waals surface area contributed by atoms with Crippen LogP contribution in [0.1, 0.15) is 62.4 Å². The maximum absolute atomic E-state index is 12.4. The number of carbonyl (C=O) groups is 1. The molecule has 1 aromatic rings. The number of nitrogens with zero attached hydrogens (tertiary/aromatic N) is 2. The number of allylic oxidation sites excluding steroid dienone is 1. The van der Waals surface area contributed by atoms with Crippen molar-refractivity contribution >= 4 is 27.7 Å². The number of hydrogen-bond acceptors (Lipinski definition) is 4. The van der Waals surface area contributed by atoms with Gasteiger partial charge in [0.15, 0.2) is 11.5 Å². The Morgan fingerprint density at radius 1 is 1.52 bits per heavy atom. The van der Waals surface area contributed by atoms with E-state index in [2.05, 4.69) is 44.7 Å². The number of aromatic nitrogens is 2. The standard InChI is InChI=1S/C17H25BrN4O/c1-3-8-17(2)9-5-4-6-12(7-10-17)21-16(23)14-15(19)20-11-13(18)22-14/h3,11-12H,1,4-10H2,2H3,(H2,19,20)(H,21,23). The first-order valence-corrected chi connectivity index (χ1v) is 8.92. The Labute approximate surface area is 146 Å². The molecule has 0 radical (unpaired) electrons. The van der Waals surface area contributed by atoms with E-state index >= 15 is 0 Å². The van der Waals surface area contributed by atoms with E-state index in [1.807, 2.05) is 6.08 Å². The van der Waals surface area contributed by atoms with Gasteiger partial charge in [0.2, 0.25) is 0 Å². The van der Waals surface area contributed by atoms with Crippen molar-refractivity contribution in [1.82, 2.24) is 15.3 Å². The van der Waals surface area contributed by atoms with Gasteiger partial charge in [-0.2, -0.15) is 0 Å². The number of nitrogens with one attached hydrogen (secondary N) is 1. The van der Waals surface area contributed by atoms with Crippen molar-refractivity contribution in [3.8, 4) is 0 Å². The third-order valence-corrected chi connectivity index (χ3v) is 5.02. The van der Waals surface area contributed by atoms with Crippen LogP contribution in [-0.2, 0) is 0 Å². The highest BCUT2D eigenvalue weighted by Crippen LogP contribution is 2.37. The Bertz CT molecular complexity index is 578. The van der Waals surface area contributed by atoms with E-state index in [9.17, 15) is 4.79 Å². The van der Waals surface area contributed by atoms with Crippen molar-refractivity contribution in [1.29, 1.82) is 0 Å². The summed E-state index contributed by atoms with van der Waals surface area (Å²) >= 11 is 3.23. The Kier molecular flexibility index (Phi) is 6.16. The van der Waals surface area contributed by atoms with Crippen LogP contribution in [0.4, 0.5) is 5.82 Å². The van der Waals surface area contributed by atoms with Gasteiger partial charge in [-0.1, -0.05) is 25.8 Å². The SMILES string of the molecule is C=CCC1(C)CCCCC(NC(=O)c2nc(Br)cnc2N)CC1. The van der Waals surface area contributed by atoms with E-state index in [0.29, 0.717) is 10.0 Å². The monoisotopic (exact) mass is 380 g/mol. The second-order valence-corrected chi connectivity index (χ2v) is 7.50. The van der Waals surface area contributed by atoms with Crippen molar-refractivity contribution in [2.75, 3.05) is 5.73 Å². The van der Waals surface area contributed by atoms with Crippen LogP contribution in [-0.4, -0.2) is 21.9 Å². The molecule has 1 aliphatic rings. The van der Waals surface area contributed by atoms with Crippen molar-refractivity contribution in [2.24, 2.45) is 5.41 Å². The summed E-state index contributed by atoms with van der Waals surface area (Å²) in [5.41, 5.74) is 6.25. The van der Waals surface area contributed by atoms with Gasteiger partial charge >= 0.3 is 0 Å². The highest BCUT2D eigenvalue weighted by atomic mass is 79.9. The number of nitrogen functional groups attached to an aromatic ring is 1. The predicted octanol–water partition coefficient (Wildman–Crippen LogP) is 3.86. The molecule has 3 N–H and O–H groups in total. The van der Waals surface area contributed by atoms with Gasteiger partial charge < -0.3 is 11.1 Å². The topological polar surface area (TPSA) is 80.9 Å². The molecule has 1 saturated carbocycles. The van der Waals surface area contributed by atoms with E-state index in [1.54, 1.807) is 0 Å². The quantitative estimate of drug-likeness (QED) is 0.777. The summed E-state index contributed by atoms with van der Waals surface area (Å²) in [5, 5.41) is 3.08. The molecule has 1 fully saturated rings. The first-order chi connectivity index (χ1) is 10.9. The lowest BCUT2D eigenvalue weighted by molar-refractivity contribution is 0.0917. The fourth-order valence-corrected chi connectivity index (χ4v) is 3.51. The van der Waals surface area contributed by atoms with Gasteiger partial charge in [0.25, 0.3) is 5.91 Å². The van der Waals surface area contributed by atoms with Crippen molar-refractivity contribution in [3.05, 3.63) is 29.1 Å². The van der Waals surface area contributed by atoms with E-state index in [0.717, 1.165) is 32.1 Å². The van der Waals surface area contributed by atoms with E-state index < -0.39 is 0 Å². The minimum absolute atomic E-state index is 0.159. The zero-order valence-electron chi connectivity index (χ0n) is 13.6. The van der Waals surface area contributed by atoms with Gasteiger partial charge in [0.05, 0.1) is 6.20 Å². The molecule has 0 bridgehead atoms. The lowest BCUT2D eigenvalue weighted by atomic mass is 9.74. The van der Waals surface area contributed by atoms with Crippen LogP contribution in [0.5, 0.6) is 0 Å². The molecular formula is C17H25BrN4O. The van der Waals surface area contributed by atoms with E-state index in [1.165, 1.54) is 19.0 Å². The highest BCUT2D eigenvalue weighted by Gasteiger charge is 2.27. The number of anilines is 1. The first-order valence-electron chi connectivity index (χ1n) is 8.13. The number of nitrogens with two attached hydrogens (primary N) is 1. The van der Waals surface area contributed by atoms with E-state index in [-0.39, 0.29) is 23.5 Å². The fourth-order valence-electron chi connectivity index (χ4n) is 3.23. The van der Waals surface area contributed by atoms with Crippen LogP contribution in [0.3, 0.4) is 0 Å². The highest BCUT2D eigenvalue weighted by molar-refractivity contribution is 9.10. The molecule has 0 aromatic carbocycles. The second kappa shape index (κ2) is 7.90. The Morgan fingerprint density at radius 3 is 3.04 bits per heavy atom. The van der Waals surface area contributed by atoms with Crippen LogP contribution in [0.25, 0.3) is 0 Å². The van der Waals surface area contributed by atoms with Crippen LogP contribution in [0.15, 0.2) is 23.5 Å². The molecule has 1 aliphatic carbocycles. The molecule has 2 rings (SSSR count). The number of rotatable bonds is 4. The molecule has 0 aliphatic heterocycles. The lowest BCUT2D eigenvalue weighted by Crippen LogP contribution is -2.37. The Balaban J connectivity index is 2.02. The van der Waals surface area contributed by atoms with Gasteiger partial charge in [-0.25, -0.2) is 9.97 Å². The maximum atomic E-state index is 12.4. The number of hydrogen-bond donors (Lipinski definition) is 2. The van der Waals surface area contributed by atoms with Crippen molar-refractivity contribution in [2.45, 2.75) is 57.9 Å². The largest absolute Gasteiger partial charge is 0.382 e. The van der Waals surface area contributed by atoms with Crippen LogP contribution >= 0.6 is 15.9 Å². The third-order valence-electron chi connectivity index (χ3n) is 4.64. The summed E-state index contributed by atoms with van der Waals surface area (Å²) in [7, 11) is 0. The van der Waals surface area contributed by atoms with Gasteiger partial charge in [-0.05, 0) is 53.4 Å². The molecule has 126 valence electrons. The van der Waals surface area contributed by atoms with Gasteiger partial charge in [0, 0.05) is 6.04 Å². The molecule has 5 nitrogen and oxygen atoms in total. The minimum atomic E-state index is -0.243. The molecule has 23 heavy (non-hydrogen) atoms. The molecule has 2 unspecified atom stereocenters. The Hall–Kier alpha value is -1.43. The zero-order chi connectivity index (χ0) is 16.9. The smallest absolute Gasteiger partial charge is 0.273 e. The van der Waals surface area contributed by atoms with Gasteiger partial charge in [0.1, 0.15) is 4.60 Å². The number of carbonyl (C=O) groups excluding carboxylic acids is 1. The first kappa shape index (κ1) is 17.9. The summed E-state index contributed by atoms with van der Waals surface area (Å²) in [4.78, 5) is 20.6. The second-order valence-electron chi connectivity index (χ2n) is 6.68. The minimum Gasteiger partial charge on any atom is -0.382 e. The van der Waals surface area contributed by atoms with Crippen LogP contribution in [0.2, 0.25) is 0 Å². The lowest BCUT2D eigenvalue weighted by Gasteiger charge is -2.33. The molecule has 0 saturated heterocycles. The van der Waals surface area contributed by atoms with Crippen molar-refractivity contribution < 1.29 is 4.79 Å². The summed E-state index contributed by atoms with van der Waals surface area (Å²) in [6, 6.07) is 0.159. The van der Waals surface area contributed by atoms with Crippen LogP contribution < -0.4 is 11.1 Å². The number of halogens is 1. The molecule has 6 heteroatoms. The fraction of sp³-hybridized carbons (Fsp3) is 0.588. The predicted molar refractivity (Wildman–Crippen MR) is 96.0 cm³/mol. The summed E-state index contributed by atoms with van der Waals surface area (Å²) in [6.07, 6.45) is 11.1. The van der Waals surface area contributed by atoms with Crippen LogP contribution in [0, 0.1) is 5.41 Å².